The number of aliphatic carboxylic acids is 1. The number of hydrogen-bond donors (Lipinski definition) is 2. The number of morpholine rings is 1. The third-order valence-corrected chi connectivity index (χ3v) is 9.75. The number of amides is 1. The number of nitrogens with one attached hydrogen (secondary N) is 1. The van der Waals surface area contributed by atoms with Crippen molar-refractivity contribution in [3.63, 3.8) is 0 Å². The van der Waals surface area contributed by atoms with Crippen molar-refractivity contribution in [2.45, 2.75) is 24.7 Å². The SMILES string of the molecule is Cn1c(=O)c(-c2cccc3c(C[C@H](NC(=O)c4c(F)cc(N5CCO[C@@H](c6ccccc6)C5)cc4F)C(=O)O)cccc23)c(C(F)(F)F)c2ccccc21. The van der Waals surface area contributed by atoms with Crippen molar-refractivity contribution in [3.05, 3.63) is 147 Å². The molecule has 2 atom stereocenters. The van der Waals surface area contributed by atoms with Crippen molar-refractivity contribution in [2.24, 2.45) is 7.05 Å². The first-order chi connectivity index (χ1) is 25.8. The van der Waals surface area contributed by atoms with E-state index in [9.17, 15) is 32.7 Å². The van der Waals surface area contributed by atoms with Crippen LogP contribution in [0.2, 0.25) is 0 Å². The van der Waals surface area contributed by atoms with E-state index >= 15 is 8.78 Å². The average molecular weight is 742 g/mol. The van der Waals surface area contributed by atoms with E-state index in [0.717, 1.165) is 22.3 Å². The number of alkyl halides is 3. The van der Waals surface area contributed by atoms with E-state index in [4.69, 9.17) is 4.74 Å². The summed E-state index contributed by atoms with van der Waals surface area (Å²) in [6, 6.07) is 24.3. The lowest BCUT2D eigenvalue weighted by atomic mass is 9.90. The van der Waals surface area contributed by atoms with Gasteiger partial charge >= 0.3 is 12.1 Å². The van der Waals surface area contributed by atoms with Gasteiger partial charge in [0, 0.05) is 37.6 Å². The van der Waals surface area contributed by atoms with Crippen LogP contribution in [0.25, 0.3) is 32.8 Å². The Hall–Kier alpha value is -6.08. The topological polar surface area (TPSA) is 101 Å². The zero-order chi connectivity index (χ0) is 38.3. The molecule has 1 amide bonds. The molecule has 276 valence electrons. The van der Waals surface area contributed by atoms with Gasteiger partial charge in [-0.25, -0.2) is 13.6 Å². The van der Waals surface area contributed by atoms with Gasteiger partial charge in [0.25, 0.3) is 11.5 Å². The van der Waals surface area contributed by atoms with Crippen LogP contribution >= 0.6 is 0 Å². The van der Waals surface area contributed by atoms with Gasteiger partial charge in [0.1, 0.15) is 29.3 Å². The molecule has 2 heterocycles. The van der Waals surface area contributed by atoms with Crippen molar-refractivity contribution < 1.29 is 41.4 Å². The number of carboxylic acid groups (broad SMARTS) is 1. The minimum atomic E-state index is -4.91. The number of nitrogens with zero attached hydrogens (tertiary/aromatic N) is 2. The quantitative estimate of drug-likeness (QED) is 0.156. The number of carbonyl (C=O) groups is 2. The number of halogens is 5. The smallest absolute Gasteiger partial charge is 0.417 e. The minimum Gasteiger partial charge on any atom is -0.480 e. The Bertz CT molecular complexity index is 2460. The fourth-order valence-corrected chi connectivity index (χ4v) is 7.17. The predicted molar refractivity (Wildman–Crippen MR) is 193 cm³/mol. The molecule has 0 saturated carbocycles. The van der Waals surface area contributed by atoms with Crippen molar-refractivity contribution in [2.75, 3.05) is 24.6 Å². The second-order valence-corrected chi connectivity index (χ2v) is 13.0. The summed E-state index contributed by atoms with van der Waals surface area (Å²) in [6.07, 6.45) is -5.66. The maximum Gasteiger partial charge on any atom is 0.417 e. The van der Waals surface area contributed by atoms with E-state index in [1.54, 1.807) is 11.0 Å². The number of fused-ring (bicyclic) bond motifs is 2. The zero-order valence-corrected chi connectivity index (χ0v) is 28.7. The third kappa shape index (κ3) is 6.78. The molecule has 0 unspecified atom stereocenters. The number of aryl methyl sites for hydroxylation is 1. The summed E-state index contributed by atoms with van der Waals surface area (Å²) < 4.78 is 82.1. The molecular formula is C41H32F5N3O5. The van der Waals surface area contributed by atoms with E-state index < -0.39 is 64.4 Å². The highest BCUT2D eigenvalue weighted by molar-refractivity contribution is 6.02. The van der Waals surface area contributed by atoms with Gasteiger partial charge in [0.05, 0.1) is 23.3 Å². The lowest BCUT2D eigenvalue weighted by Gasteiger charge is -2.35. The Morgan fingerprint density at radius 1 is 0.889 bits per heavy atom. The number of carbonyl (C=O) groups excluding carboxylic acids is 1. The molecule has 7 rings (SSSR count). The Balaban J connectivity index is 1.19. The third-order valence-electron chi connectivity index (χ3n) is 9.75. The van der Waals surface area contributed by atoms with Gasteiger partial charge in [-0.3, -0.25) is 9.59 Å². The van der Waals surface area contributed by atoms with E-state index in [-0.39, 0.29) is 33.6 Å². The summed E-state index contributed by atoms with van der Waals surface area (Å²) in [4.78, 5) is 41.1. The van der Waals surface area contributed by atoms with Crippen molar-refractivity contribution in [3.8, 4) is 11.1 Å². The normalized spacial score (nSPS) is 15.4. The van der Waals surface area contributed by atoms with E-state index in [0.29, 0.717) is 30.6 Å². The van der Waals surface area contributed by atoms with E-state index in [2.05, 4.69) is 5.32 Å². The number of pyridine rings is 1. The number of carboxylic acids is 1. The molecule has 1 aliphatic rings. The fourth-order valence-electron chi connectivity index (χ4n) is 7.17. The summed E-state index contributed by atoms with van der Waals surface area (Å²) >= 11 is 0. The summed E-state index contributed by atoms with van der Waals surface area (Å²) in [5.41, 5.74) is -2.08. The molecule has 1 aromatic heterocycles. The molecule has 0 spiro atoms. The van der Waals surface area contributed by atoms with Gasteiger partial charge in [-0.1, -0.05) is 84.9 Å². The Kier molecular flexibility index (Phi) is 9.67. The molecule has 54 heavy (non-hydrogen) atoms. The highest BCUT2D eigenvalue weighted by atomic mass is 19.4. The van der Waals surface area contributed by atoms with Gasteiger partial charge in [0.2, 0.25) is 0 Å². The Morgan fingerprint density at radius 2 is 1.54 bits per heavy atom. The molecule has 1 saturated heterocycles. The number of aromatic nitrogens is 1. The van der Waals surface area contributed by atoms with Crippen molar-refractivity contribution >= 4 is 39.2 Å². The van der Waals surface area contributed by atoms with E-state index in [1.807, 2.05) is 30.3 Å². The zero-order valence-electron chi connectivity index (χ0n) is 28.7. The molecule has 0 radical (unpaired) electrons. The molecule has 2 N–H and O–H groups in total. The lowest BCUT2D eigenvalue weighted by molar-refractivity contribution is -0.139. The molecular weight excluding hydrogens is 709 g/mol. The Morgan fingerprint density at radius 3 is 2.24 bits per heavy atom. The van der Waals surface area contributed by atoms with Crippen LogP contribution in [0.15, 0.2) is 108 Å². The average Bonchev–Trinajstić information content (AvgIpc) is 3.15. The second kappa shape index (κ2) is 14.4. The van der Waals surface area contributed by atoms with Gasteiger partial charge in [-0.2, -0.15) is 13.2 Å². The summed E-state index contributed by atoms with van der Waals surface area (Å²) in [5.74, 6) is -5.20. The predicted octanol–water partition coefficient (Wildman–Crippen LogP) is 7.66. The number of rotatable bonds is 8. The molecule has 1 aliphatic heterocycles. The Labute approximate surface area is 305 Å². The van der Waals surface area contributed by atoms with Gasteiger partial charge < -0.3 is 24.6 Å². The molecule has 8 nitrogen and oxygen atoms in total. The monoisotopic (exact) mass is 741 g/mol. The number of anilines is 1. The standard InChI is InChI=1S/C41H32F5N3O5/c1-48-33-16-6-5-12-29(33)37(41(44,45)46)35(39(48)51)28-15-8-13-26-24(11-7-14-27(26)28)19-32(40(52)53)47-38(50)36-30(42)20-25(21-31(36)43)49-17-18-54-34(22-49)23-9-3-2-4-10-23/h2-16,20-21,32,34H,17-19,22H2,1H3,(H,47,50)(H,52,53)/t32-,34+/m0/s1. The van der Waals surface area contributed by atoms with Crippen LogP contribution in [0.4, 0.5) is 27.6 Å². The van der Waals surface area contributed by atoms with Crippen LogP contribution in [0.1, 0.15) is 33.2 Å². The van der Waals surface area contributed by atoms with Crippen LogP contribution in [-0.2, 0) is 29.2 Å². The van der Waals surface area contributed by atoms with Crippen LogP contribution in [0, 0.1) is 11.6 Å². The summed E-state index contributed by atoms with van der Waals surface area (Å²) in [7, 11) is 1.38. The number of hydrogen-bond acceptors (Lipinski definition) is 5. The molecule has 1 fully saturated rings. The van der Waals surface area contributed by atoms with E-state index in [1.165, 1.54) is 61.6 Å². The van der Waals surface area contributed by atoms with Crippen LogP contribution < -0.4 is 15.8 Å². The second-order valence-electron chi connectivity index (χ2n) is 13.0. The fraction of sp³-hybridized carbons (Fsp3) is 0.195. The summed E-state index contributed by atoms with van der Waals surface area (Å²) in [6.45, 7) is 0.938. The summed E-state index contributed by atoms with van der Waals surface area (Å²) in [5, 5.41) is 12.7. The van der Waals surface area contributed by atoms with Crippen molar-refractivity contribution in [1.29, 1.82) is 0 Å². The first kappa shape index (κ1) is 36.3. The van der Waals surface area contributed by atoms with Gasteiger partial charge in [-0.15, -0.1) is 0 Å². The maximum atomic E-state index is 15.5. The van der Waals surface area contributed by atoms with Crippen LogP contribution in [0.3, 0.4) is 0 Å². The highest BCUT2D eigenvalue weighted by Crippen LogP contribution is 2.42. The largest absolute Gasteiger partial charge is 0.480 e. The first-order valence-corrected chi connectivity index (χ1v) is 17.0. The molecule has 6 aromatic rings. The molecule has 0 bridgehead atoms. The van der Waals surface area contributed by atoms with Crippen LogP contribution in [-0.4, -0.2) is 47.3 Å². The first-order valence-electron chi connectivity index (χ1n) is 17.0. The van der Waals surface area contributed by atoms with Gasteiger partial charge in [0.15, 0.2) is 0 Å². The van der Waals surface area contributed by atoms with Crippen molar-refractivity contribution in [1.82, 2.24) is 9.88 Å². The molecule has 5 aromatic carbocycles. The highest BCUT2D eigenvalue weighted by Gasteiger charge is 2.38. The number of ether oxygens (including phenoxy) is 1. The van der Waals surface area contributed by atoms with Gasteiger partial charge in [-0.05, 0) is 45.7 Å². The lowest BCUT2D eigenvalue weighted by Crippen LogP contribution is -2.43. The molecule has 0 aliphatic carbocycles. The maximum absolute atomic E-state index is 15.5. The number of benzene rings is 5. The number of para-hydroxylation sites is 1. The van der Waals surface area contributed by atoms with Crippen LogP contribution in [0.5, 0.6) is 0 Å². The minimum absolute atomic E-state index is 0.0245. The molecule has 13 heteroatoms.